The van der Waals surface area contributed by atoms with Gasteiger partial charge in [-0.3, -0.25) is 9.89 Å². The van der Waals surface area contributed by atoms with Crippen LogP contribution in [0.3, 0.4) is 0 Å². The van der Waals surface area contributed by atoms with Crippen LogP contribution < -0.4 is 10.1 Å². The third kappa shape index (κ3) is 4.22. The number of nitrogens with one attached hydrogen (secondary N) is 2. The van der Waals surface area contributed by atoms with Gasteiger partial charge in [-0.2, -0.15) is 23.4 Å². The number of H-pyrrole nitrogens is 1. The van der Waals surface area contributed by atoms with Gasteiger partial charge in [-0.15, -0.1) is 0 Å². The summed E-state index contributed by atoms with van der Waals surface area (Å²) in [6.07, 6.45) is -3.24. The van der Waals surface area contributed by atoms with Gasteiger partial charge in [0.2, 0.25) is 0 Å². The van der Waals surface area contributed by atoms with Gasteiger partial charge in [0.1, 0.15) is 5.75 Å². The van der Waals surface area contributed by atoms with Gasteiger partial charge in [0.15, 0.2) is 18.1 Å². The Kier molecular flexibility index (Phi) is 5.08. The second-order valence-electron chi connectivity index (χ2n) is 5.47. The average Bonchev–Trinajstić information content (AvgIpc) is 3.21. The monoisotopic (exact) mass is 399 g/mol. The van der Waals surface area contributed by atoms with Crippen molar-refractivity contribution in [2.24, 2.45) is 0 Å². The Balaban J connectivity index is 1.69. The van der Waals surface area contributed by atoms with Gasteiger partial charge in [0, 0.05) is 6.20 Å². The zero-order valence-corrected chi connectivity index (χ0v) is 14.6. The SMILES string of the molecule is Cc1[nH]nc(C(F)(F)F)c1NC(=O)c1ccn(COc2ccccc2Cl)n1. The first-order valence-corrected chi connectivity index (χ1v) is 7.98. The van der Waals surface area contributed by atoms with E-state index in [2.05, 4.69) is 20.6 Å². The number of alkyl halides is 3. The second-order valence-corrected chi connectivity index (χ2v) is 5.88. The minimum atomic E-state index is -4.70. The lowest BCUT2D eigenvalue weighted by molar-refractivity contribution is -0.140. The minimum Gasteiger partial charge on any atom is -0.470 e. The Bertz CT molecular complexity index is 967. The zero-order chi connectivity index (χ0) is 19.6. The molecular formula is C16H13ClF3N5O2. The molecule has 27 heavy (non-hydrogen) atoms. The molecule has 0 bridgehead atoms. The molecule has 7 nitrogen and oxygen atoms in total. The highest BCUT2D eigenvalue weighted by Crippen LogP contribution is 2.34. The molecule has 0 saturated carbocycles. The number of hydrogen-bond donors (Lipinski definition) is 2. The molecule has 0 radical (unpaired) electrons. The molecule has 2 heterocycles. The first kappa shape index (κ1) is 18.8. The molecule has 0 spiro atoms. The largest absolute Gasteiger partial charge is 0.470 e. The molecule has 0 aliphatic carbocycles. The fraction of sp³-hybridized carbons (Fsp3) is 0.188. The topological polar surface area (TPSA) is 84.8 Å². The number of benzene rings is 1. The number of carbonyl (C=O) groups excluding carboxylic acids is 1. The lowest BCUT2D eigenvalue weighted by Gasteiger charge is -2.08. The van der Waals surface area contributed by atoms with Crippen LogP contribution in [-0.4, -0.2) is 25.9 Å². The Morgan fingerprint density at radius 2 is 2.07 bits per heavy atom. The van der Waals surface area contributed by atoms with E-state index in [4.69, 9.17) is 16.3 Å². The molecule has 142 valence electrons. The Hall–Kier alpha value is -3.01. The number of aryl methyl sites for hydroxylation is 1. The molecule has 0 unspecified atom stereocenters. The van der Waals surface area contributed by atoms with E-state index in [1.54, 1.807) is 24.3 Å². The van der Waals surface area contributed by atoms with Gasteiger partial charge in [0.25, 0.3) is 5.91 Å². The summed E-state index contributed by atoms with van der Waals surface area (Å²) < 4.78 is 45.6. The molecule has 0 fully saturated rings. The van der Waals surface area contributed by atoms with E-state index in [0.29, 0.717) is 10.8 Å². The third-order valence-corrected chi connectivity index (χ3v) is 3.83. The van der Waals surface area contributed by atoms with Crippen molar-refractivity contribution in [2.75, 3.05) is 5.32 Å². The fourth-order valence-electron chi connectivity index (χ4n) is 2.22. The van der Waals surface area contributed by atoms with Crippen molar-refractivity contribution in [1.82, 2.24) is 20.0 Å². The molecule has 0 aliphatic heterocycles. The maximum Gasteiger partial charge on any atom is 0.437 e. The van der Waals surface area contributed by atoms with Crippen molar-refractivity contribution < 1.29 is 22.7 Å². The van der Waals surface area contributed by atoms with Gasteiger partial charge in [-0.05, 0) is 25.1 Å². The van der Waals surface area contributed by atoms with Crippen LogP contribution in [0.15, 0.2) is 36.5 Å². The van der Waals surface area contributed by atoms with Gasteiger partial charge in [-0.25, -0.2) is 4.68 Å². The molecule has 1 aromatic carbocycles. The number of anilines is 1. The van der Waals surface area contributed by atoms with Crippen molar-refractivity contribution >= 4 is 23.2 Å². The number of nitrogens with zero attached hydrogens (tertiary/aromatic N) is 3. The van der Waals surface area contributed by atoms with Crippen LogP contribution >= 0.6 is 11.6 Å². The number of aromatic amines is 1. The van der Waals surface area contributed by atoms with Gasteiger partial charge < -0.3 is 10.1 Å². The van der Waals surface area contributed by atoms with Crippen LogP contribution in [0.2, 0.25) is 5.02 Å². The molecule has 2 N–H and O–H groups in total. The van der Waals surface area contributed by atoms with Crippen LogP contribution in [0.4, 0.5) is 18.9 Å². The molecular weight excluding hydrogens is 387 g/mol. The highest BCUT2D eigenvalue weighted by molar-refractivity contribution is 6.32. The minimum absolute atomic E-state index is 0.0322. The number of ether oxygens (including phenoxy) is 1. The first-order chi connectivity index (χ1) is 12.8. The number of carbonyl (C=O) groups is 1. The summed E-state index contributed by atoms with van der Waals surface area (Å²) >= 11 is 5.97. The van der Waals surface area contributed by atoms with E-state index in [0.717, 1.165) is 0 Å². The predicted molar refractivity (Wildman–Crippen MR) is 90.6 cm³/mol. The summed E-state index contributed by atoms with van der Waals surface area (Å²) in [7, 11) is 0. The standard InChI is InChI=1S/C16H13ClF3N5O2/c1-9-13(14(23-22-9)16(18,19)20)21-15(26)11-6-7-25(24-11)8-27-12-5-3-2-4-10(12)17/h2-7H,8H2,1H3,(H,21,26)(H,22,23). The quantitative estimate of drug-likeness (QED) is 0.682. The van der Waals surface area contributed by atoms with E-state index < -0.39 is 23.5 Å². The average molecular weight is 400 g/mol. The first-order valence-electron chi connectivity index (χ1n) is 7.60. The maximum atomic E-state index is 12.9. The number of halogens is 4. The normalized spacial score (nSPS) is 11.4. The summed E-state index contributed by atoms with van der Waals surface area (Å²) in [5.74, 6) is -0.369. The van der Waals surface area contributed by atoms with Crippen molar-refractivity contribution in [3.63, 3.8) is 0 Å². The van der Waals surface area contributed by atoms with E-state index >= 15 is 0 Å². The van der Waals surface area contributed by atoms with Gasteiger partial charge >= 0.3 is 6.18 Å². The summed E-state index contributed by atoms with van der Waals surface area (Å²) in [6, 6.07) is 8.17. The number of rotatable bonds is 5. The van der Waals surface area contributed by atoms with Crippen LogP contribution in [-0.2, 0) is 12.9 Å². The summed E-state index contributed by atoms with van der Waals surface area (Å²) in [6.45, 7) is 1.34. The number of hydrogen-bond acceptors (Lipinski definition) is 4. The highest BCUT2D eigenvalue weighted by atomic mass is 35.5. The smallest absolute Gasteiger partial charge is 0.437 e. The van der Waals surface area contributed by atoms with E-state index in [1.165, 1.54) is 23.9 Å². The second kappa shape index (κ2) is 7.31. The van der Waals surface area contributed by atoms with Gasteiger partial charge in [0.05, 0.1) is 16.4 Å². The highest BCUT2D eigenvalue weighted by Gasteiger charge is 2.38. The molecule has 1 amide bonds. The van der Waals surface area contributed by atoms with Crippen LogP contribution in [0.1, 0.15) is 21.9 Å². The van der Waals surface area contributed by atoms with Crippen LogP contribution in [0, 0.1) is 6.92 Å². The van der Waals surface area contributed by atoms with Crippen LogP contribution in [0.5, 0.6) is 5.75 Å². The van der Waals surface area contributed by atoms with E-state index in [1.807, 2.05) is 0 Å². The Morgan fingerprint density at radius 1 is 1.33 bits per heavy atom. The molecule has 0 saturated heterocycles. The summed E-state index contributed by atoms with van der Waals surface area (Å²) in [5, 5.41) is 12.0. The fourth-order valence-corrected chi connectivity index (χ4v) is 2.41. The predicted octanol–water partition coefficient (Wildman–Crippen LogP) is 3.88. The lowest BCUT2D eigenvalue weighted by atomic mass is 10.2. The molecule has 3 aromatic rings. The van der Waals surface area contributed by atoms with Crippen molar-refractivity contribution in [2.45, 2.75) is 19.8 Å². The number of para-hydroxylation sites is 1. The third-order valence-electron chi connectivity index (χ3n) is 3.52. The van der Waals surface area contributed by atoms with Crippen molar-refractivity contribution in [1.29, 1.82) is 0 Å². The molecule has 11 heteroatoms. The molecule has 2 aromatic heterocycles. The molecule has 0 atom stereocenters. The van der Waals surface area contributed by atoms with Crippen molar-refractivity contribution in [3.05, 3.63) is 58.6 Å². The van der Waals surface area contributed by atoms with Gasteiger partial charge in [-0.1, -0.05) is 23.7 Å². The summed E-state index contributed by atoms with van der Waals surface area (Å²) in [5.41, 5.74) is -1.63. The van der Waals surface area contributed by atoms with E-state index in [-0.39, 0.29) is 18.1 Å². The number of aromatic nitrogens is 4. The maximum absolute atomic E-state index is 12.9. The molecule has 3 rings (SSSR count). The van der Waals surface area contributed by atoms with Crippen LogP contribution in [0.25, 0.3) is 0 Å². The Morgan fingerprint density at radius 3 is 2.78 bits per heavy atom. The lowest BCUT2D eigenvalue weighted by Crippen LogP contribution is -2.17. The van der Waals surface area contributed by atoms with Crippen molar-refractivity contribution in [3.8, 4) is 5.75 Å². The number of amides is 1. The van der Waals surface area contributed by atoms with E-state index in [9.17, 15) is 18.0 Å². The zero-order valence-electron chi connectivity index (χ0n) is 13.8. The summed E-state index contributed by atoms with van der Waals surface area (Å²) in [4.78, 5) is 12.2. The Labute approximate surface area is 156 Å². The molecule has 0 aliphatic rings.